The van der Waals surface area contributed by atoms with E-state index in [2.05, 4.69) is 36.2 Å². The SMILES string of the molecule is CNC(Cc1ncnn1C(C)C)C(C)OC. The molecule has 1 aromatic heterocycles. The molecule has 0 saturated carbocycles. The predicted octanol–water partition coefficient (Wildman–Crippen LogP) is 1.02. The number of nitrogens with one attached hydrogen (secondary N) is 1. The van der Waals surface area contributed by atoms with Crippen LogP contribution < -0.4 is 5.32 Å². The smallest absolute Gasteiger partial charge is 0.138 e. The standard InChI is InChI=1S/C11H22N4O/c1-8(2)15-11(13-7-14-15)6-10(12-4)9(3)16-5/h7-10,12H,6H2,1-5H3. The van der Waals surface area contributed by atoms with Gasteiger partial charge in [0.05, 0.1) is 6.10 Å². The molecule has 5 nitrogen and oxygen atoms in total. The third kappa shape index (κ3) is 3.02. The number of rotatable bonds is 6. The fourth-order valence-electron chi connectivity index (χ4n) is 1.72. The number of aromatic nitrogens is 3. The molecule has 1 aromatic rings. The van der Waals surface area contributed by atoms with E-state index in [9.17, 15) is 0 Å². The van der Waals surface area contributed by atoms with Crippen LogP contribution in [0.2, 0.25) is 0 Å². The van der Waals surface area contributed by atoms with Crippen LogP contribution in [0.25, 0.3) is 0 Å². The highest BCUT2D eigenvalue weighted by Crippen LogP contribution is 2.09. The van der Waals surface area contributed by atoms with Crippen molar-refractivity contribution in [3.05, 3.63) is 12.2 Å². The topological polar surface area (TPSA) is 52.0 Å². The van der Waals surface area contributed by atoms with Gasteiger partial charge in [0.1, 0.15) is 12.2 Å². The van der Waals surface area contributed by atoms with Crippen molar-refractivity contribution >= 4 is 0 Å². The van der Waals surface area contributed by atoms with E-state index >= 15 is 0 Å². The Labute approximate surface area is 97.2 Å². The third-order valence-corrected chi connectivity index (χ3v) is 2.85. The average molecular weight is 226 g/mol. The Morgan fingerprint density at radius 1 is 1.44 bits per heavy atom. The maximum atomic E-state index is 5.33. The monoisotopic (exact) mass is 226 g/mol. The van der Waals surface area contributed by atoms with Crippen molar-refractivity contribution in [3.63, 3.8) is 0 Å². The molecule has 0 aliphatic carbocycles. The van der Waals surface area contributed by atoms with Gasteiger partial charge in [-0.1, -0.05) is 0 Å². The van der Waals surface area contributed by atoms with Crippen LogP contribution >= 0.6 is 0 Å². The van der Waals surface area contributed by atoms with E-state index in [1.165, 1.54) is 0 Å². The van der Waals surface area contributed by atoms with Gasteiger partial charge in [0, 0.05) is 25.6 Å². The van der Waals surface area contributed by atoms with Gasteiger partial charge in [0.25, 0.3) is 0 Å². The molecule has 0 bridgehead atoms. The summed E-state index contributed by atoms with van der Waals surface area (Å²) in [5.41, 5.74) is 0. The maximum absolute atomic E-state index is 5.33. The normalized spacial score (nSPS) is 15.4. The van der Waals surface area contributed by atoms with Crippen LogP contribution in [0.1, 0.15) is 32.6 Å². The van der Waals surface area contributed by atoms with Gasteiger partial charge in [-0.2, -0.15) is 5.10 Å². The third-order valence-electron chi connectivity index (χ3n) is 2.85. The van der Waals surface area contributed by atoms with Gasteiger partial charge < -0.3 is 10.1 Å². The molecular formula is C11H22N4O. The van der Waals surface area contributed by atoms with Crippen LogP contribution in [-0.2, 0) is 11.2 Å². The highest BCUT2D eigenvalue weighted by Gasteiger charge is 2.19. The second-order valence-electron chi connectivity index (χ2n) is 4.25. The van der Waals surface area contributed by atoms with Crippen molar-refractivity contribution in [2.24, 2.45) is 0 Å². The van der Waals surface area contributed by atoms with Crippen molar-refractivity contribution in [3.8, 4) is 0 Å². The first-order chi connectivity index (χ1) is 7.60. The first-order valence-electron chi connectivity index (χ1n) is 5.68. The molecule has 0 saturated heterocycles. The lowest BCUT2D eigenvalue weighted by Gasteiger charge is -2.22. The van der Waals surface area contributed by atoms with E-state index in [0.717, 1.165) is 12.2 Å². The summed E-state index contributed by atoms with van der Waals surface area (Å²) in [7, 11) is 3.67. The molecule has 0 fully saturated rings. The molecule has 92 valence electrons. The summed E-state index contributed by atoms with van der Waals surface area (Å²) in [5.74, 6) is 0.998. The molecular weight excluding hydrogens is 204 g/mol. The minimum atomic E-state index is 0.155. The lowest BCUT2D eigenvalue weighted by Crippen LogP contribution is -2.39. The van der Waals surface area contributed by atoms with Crippen molar-refractivity contribution < 1.29 is 4.74 Å². The van der Waals surface area contributed by atoms with Crippen molar-refractivity contribution in [2.45, 2.75) is 45.4 Å². The first-order valence-corrected chi connectivity index (χ1v) is 5.68. The fraction of sp³-hybridized carbons (Fsp3) is 0.818. The lowest BCUT2D eigenvalue weighted by atomic mass is 10.1. The second-order valence-corrected chi connectivity index (χ2v) is 4.25. The van der Waals surface area contributed by atoms with Gasteiger partial charge in [0.2, 0.25) is 0 Å². The van der Waals surface area contributed by atoms with Gasteiger partial charge in [-0.05, 0) is 27.8 Å². The molecule has 0 spiro atoms. The molecule has 0 amide bonds. The highest BCUT2D eigenvalue weighted by molar-refractivity contribution is 4.92. The van der Waals surface area contributed by atoms with Crippen LogP contribution in [-0.4, -0.2) is 41.1 Å². The quantitative estimate of drug-likeness (QED) is 0.787. The Balaban J connectivity index is 2.74. The van der Waals surface area contributed by atoms with Gasteiger partial charge >= 0.3 is 0 Å². The zero-order chi connectivity index (χ0) is 12.1. The molecule has 1 rings (SSSR count). The van der Waals surface area contributed by atoms with Crippen LogP contribution in [0.15, 0.2) is 6.33 Å². The van der Waals surface area contributed by atoms with E-state index in [1.807, 2.05) is 11.7 Å². The summed E-state index contributed by atoms with van der Waals surface area (Å²) in [6, 6.07) is 0.597. The number of methoxy groups -OCH3 is 1. The van der Waals surface area contributed by atoms with Crippen LogP contribution in [0.5, 0.6) is 0 Å². The first kappa shape index (κ1) is 13.1. The maximum Gasteiger partial charge on any atom is 0.138 e. The number of ether oxygens (including phenoxy) is 1. The molecule has 0 radical (unpaired) electrons. The molecule has 0 aromatic carbocycles. The summed E-state index contributed by atoms with van der Waals surface area (Å²) in [4.78, 5) is 4.30. The number of nitrogens with zero attached hydrogens (tertiary/aromatic N) is 3. The largest absolute Gasteiger partial charge is 0.380 e. The summed E-state index contributed by atoms with van der Waals surface area (Å²) in [5, 5.41) is 7.48. The molecule has 5 heteroatoms. The second kappa shape index (κ2) is 5.96. The molecule has 0 aliphatic rings. The summed E-state index contributed by atoms with van der Waals surface area (Å²) < 4.78 is 7.28. The van der Waals surface area contributed by atoms with E-state index in [1.54, 1.807) is 13.4 Å². The Morgan fingerprint density at radius 3 is 2.62 bits per heavy atom. The van der Waals surface area contributed by atoms with Crippen molar-refractivity contribution in [1.82, 2.24) is 20.1 Å². The van der Waals surface area contributed by atoms with Gasteiger partial charge in [0.15, 0.2) is 0 Å². The Kier molecular flexibility index (Phi) is 4.89. The zero-order valence-corrected chi connectivity index (χ0v) is 10.8. The highest BCUT2D eigenvalue weighted by atomic mass is 16.5. The van der Waals surface area contributed by atoms with Crippen molar-refractivity contribution in [2.75, 3.05) is 14.2 Å². The van der Waals surface area contributed by atoms with E-state index in [-0.39, 0.29) is 12.1 Å². The van der Waals surface area contributed by atoms with E-state index < -0.39 is 0 Å². The summed E-state index contributed by atoms with van der Waals surface area (Å²) >= 11 is 0. The fourth-order valence-corrected chi connectivity index (χ4v) is 1.72. The van der Waals surface area contributed by atoms with Crippen LogP contribution in [0.3, 0.4) is 0 Å². The molecule has 0 aliphatic heterocycles. The summed E-state index contributed by atoms with van der Waals surface area (Å²) in [6.07, 6.45) is 2.59. The Bertz CT molecular complexity index is 311. The number of hydrogen-bond donors (Lipinski definition) is 1. The van der Waals surface area contributed by atoms with Crippen LogP contribution in [0, 0.1) is 0 Å². The molecule has 16 heavy (non-hydrogen) atoms. The van der Waals surface area contributed by atoms with Gasteiger partial charge in [-0.25, -0.2) is 9.67 Å². The minimum absolute atomic E-state index is 0.155. The van der Waals surface area contributed by atoms with Gasteiger partial charge in [-0.3, -0.25) is 0 Å². The Morgan fingerprint density at radius 2 is 2.12 bits per heavy atom. The van der Waals surface area contributed by atoms with Gasteiger partial charge in [-0.15, -0.1) is 0 Å². The predicted molar refractivity (Wildman–Crippen MR) is 63.4 cm³/mol. The zero-order valence-electron chi connectivity index (χ0n) is 10.8. The average Bonchev–Trinajstić information content (AvgIpc) is 2.72. The minimum Gasteiger partial charge on any atom is -0.380 e. The van der Waals surface area contributed by atoms with Crippen LogP contribution in [0.4, 0.5) is 0 Å². The Hall–Kier alpha value is -0.940. The van der Waals surface area contributed by atoms with E-state index in [0.29, 0.717) is 6.04 Å². The van der Waals surface area contributed by atoms with E-state index in [4.69, 9.17) is 4.74 Å². The lowest BCUT2D eigenvalue weighted by molar-refractivity contribution is 0.0845. The molecule has 1 heterocycles. The number of likely N-dealkylation sites (N-methyl/N-ethyl adjacent to an activating group) is 1. The summed E-state index contributed by atoms with van der Waals surface area (Å²) in [6.45, 7) is 6.26. The van der Waals surface area contributed by atoms with Crippen molar-refractivity contribution in [1.29, 1.82) is 0 Å². The molecule has 2 atom stereocenters. The molecule has 2 unspecified atom stereocenters. The number of hydrogen-bond acceptors (Lipinski definition) is 4. The molecule has 1 N–H and O–H groups in total.